The third kappa shape index (κ3) is 18.3. The zero-order chi connectivity index (χ0) is 52.2. The van der Waals surface area contributed by atoms with Crippen molar-refractivity contribution in [1.29, 1.82) is 0 Å². The molecule has 30 heteroatoms. The fraction of sp³-hybridized carbons (Fsp3) is 0.561. The molecule has 0 radical (unpaired) electrons. The van der Waals surface area contributed by atoms with Crippen LogP contribution in [0.25, 0.3) is 33.5 Å². The molecule has 6 aromatic heterocycles. The van der Waals surface area contributed by atoms with E-state index >= 15 is 0 Å². The van der Waals surface area contributed by atoms with Crippen molar-refractivity contribution in [3.05, 3.63) is 50.0 Å². The van der Waals surface area contributed by atoms with E-state index in [4.69, 9.17) is 56.8 Å². The number of anilines is 3. The van der Waals surface area contributed by atoms with Crippen molar-refractivity contribution in [3.8, 4) is 0 Å². The Morgan fingerprint density at radius 1 is 0.563 bits per heavy atom. The molecule has 0 unspecified atom stereocenters. The Morgan fingerprint density at radius 2 is 0.901 bits per heavy atom. The first-order chi connectivity index (χ1) is 33.1. The molecule has 0 amide bonds. The molecule has 0 saturated carbocycles. The van der Waals surface area contributed by atoms with Gasteiger partial charge in [0.15, 0.2) is 33.5 Å². The van der Waals surface area contributed by atoms with Crippen LogP contribution in [0.5, 0.6) is 0 Å². The molecule has 0 aromatic carbocycles. The Morgan fingerprint density at radius 3 is 1.20 bits per heavy atom. The number of rotatable bonds is 20. The summed E-state index contributed by atoms with van der Waals surface area (Å²) in [6.07, 6.45) is 4.30. The first-order valence-corrected chi connectivity index (χ1v) is 21.8. The number of nitrogens with two attached hydrogens (primary N) is 4. The van der Waals surface area contributed by atoms with Gasteiger partial charge >= 0.3 is 17.9 Å². The standard InChI is InChI=1S/C14H21N5O4.C13H20N6O4.C8H11N5O3.C6H12O2.ClH/c1-8(2)9(3)13(21)23-5-4-22-7-19-6-16-10-11(19)17-14(15)18-12(10)20;1-7(2)8(14)12(21)23-4-3-22-6-19-5-16-9-10(19)17-13(15)18-11(9)20;9-8-11-6-5(7(15)12-8)10-3-13(6)4-16-2-1-14;1-4(2)5(3)6(7)8;/h6,8-9H,4-5,7H2,1-3H3,(H3,15,17,18,20);5,7-8H,3-4,6,14H2,1-2H3,(H3,15,17,18,20);3,14H,1-2,4H2,(H3,9,11,12,15);4-5H,1-3H3,(H,7,8);1H/t9-;8-;;5-;/m00.0./s1. The molecule has 0 aliphatic rings. The highest BCUT2D eigenvalue weighted by Gasteiger charge is 2.20. The summed E-state index contributed by atoms with van der Waals surface area (Å²) < 4.78 is 30.6. The number of aliphatic hydroxyl groups is 1. The molecule has 6 rings (SSSR count). The SMILES string of the molecule is CC(C)[C@H](C)C(=O)O.CC(C)[C@H](C)C(=O)OCCOCn1cnc2c(=O)[nH]c(N)nc21.CC(C)[C@H](N)C(=O)OCCOCn1cnc2c(=O)[nH]c(N)nc21.Cl.Nc1nc2c(ncn2COCCO)c(=O)[nH]1. The zero-order valence-corrected chi connectivity index (χ0v) is 41.5. The van der Waals surface area contributed by atoms with Crippen molar-refractivity contribution >= 4 is 81.7 Å². The number of H-pyrrole nitrogens is 3. The van der Waals surface area contributed by atoms with E-state index in [-0.39, 0.29) is 148 Å². The predicted molar refractivity (Wildman–Crippen MR) is 260 cm³/mol. The maximum Gasteiger partial charge on any atom is 0.323 e. The summed E-state index contributed by atoms with van der Waals surface area (Å²) in [5.74, 6) is -1.24. The molecule has 3 atom stereocenters. The fourth-order valence-corrected chi connectivity index (χ4v) is 5.21. The molecule has 0 saturated heterocycles. The largest absolute Gasteiger partial charge is 0.481 e. The highest BCUT2D eigenvalue weighted by molar-refractivity contribution is 5.85. The minimum atomic E-state index is -0.708. The van der Waals surface area contributed by atoms with Crippen LogP contribution < -0.4 is 39.6 Å². The average molecular weight is 1030 g/mol. The number of carboxylic acids is 1. The Hall–Kier alpha value is -7.05. The van der Waals surface area contributed by atoms with Crippen LogP contribution >= 0.6 is 12.4 Å². The van der Waals surface area contributed by atoms with Crippen molar-refractivity contribution in [1.82, 2.24) is 58.6 Å². The second-order valence-electron chi connectivity index (χ2n) is 16.4. The van der Waals surface area contributed by atoms with Crippen molar-refractivity contribution in [3.63, 3.8) is 0 Å². The van der Waals surface area contributed by atoms with E-state index in [0.717, 1.165) is 0 Å². The molecule has 6 aromatic rings. The summed E-state index contributed by atoms with van der Waals surface area (Å²) in [6, 6.07) is -0.647. The number of carboxylic acid groups (broad SMARTS) is 1. The molecule has 71 heavy (non-hydrogen) atoms. The zero-order valence-electron chi connectivity index (χ0n) is 40.7. The van der Waals surface area contributed by atoms with E-state index in [9.17, 15) is 28.8 Å². The second-order valence-corrected chi connectivity index (χ2v) is 16.4. The van der Waals surface area contributed by atoms with E-state index in [2.05, 4.69) is 44.9 Å². The molecule has 0 bridgehead atoms. The lowest BCUT2D eigenvalue weighted by atomic mass is 9.99. The van der Waals surface area contributed by atoms with Gasteiger partial charge in [0, 0.05) is 0 Å². The topological polar surface area (TPSA) is 433 Å². The number of nitrogens with zero attached hydrogens (tertiary/aromatic N) is 9. The number of aliphatic hydroxyl groups excluding tert-OH is 1. The van der Waals surface area contributed by atoms with Crippen molar-refractivity contribution < 1.29 is 48.3 Å². The maximum atomic E-state index is 11.7. The number of fused-ring (bicyclic) bond motifs is 3. The third-order valence-electron chi connectivity index (χ3n) is 10.1. The summed E-state index contributed by atoms with van der Waals surface area (Å²) in [5, 5.41) is 16.9. The molecule has 29 nitrogen and oxygen atoms in total. The Kier molecular flexibility index (Phi) is 24.7. The summed E-state index contributed by atoms with van der Waals surface area (Å²) in [4.78, 5) is 98.9. The van der Waals surface area contributed by atoms with Crippen molar-refractivity contribution in [2.75, 3.05) is 56.8 Å². The fourth-order valence-electron chi connectivity index (χ4n) is 5.21. The lowest BCUT2D eigenvalue weighted by Crippen LogP contribution is -2.37. The van der Waals surface area contributed by atoms with Crippen molar-refractivity contribution in [2.45, 2.75) is 81.6 Å². The van der Waals surface area contributed by atoms with Crippen LogP contribution in [0.1, 0.15) is 55.4 Å². The number of hydrogen-bond acceptors (Lipinski definition) is 22. The van der Waals surface area contributed by atoms with Crippen molar-refractivity contribution in [2.24, 2.45) is 35.3 Å². The minimum Gasteiger partial charge on any atom is -0.481 e. The van der Waals surface area contributed by atoms with Gasteiger partial charge in [-0.1, -0.05) is 55.4 Å². The van der Waals surface area contributed by atoms with E-state index in [1.807, 2.05) is 48.5 Å². The van der Waals surface area contributed by atoms with Crippen LogP contribution in [0.3, 0.4) is 0 Å². The van der Waals surface area contributed by atoms with Gasteiger partial charge in [-0.15, -0.1) is 12.4 Å². The van der Waals surface area contributed by atoms with Crippen LogP contribution in [-0.2, 0) is 58.3 Å². The lowest BCUT2D eigenvalue weighted by molar-refractivity contribution is -0.151. The number of carbonyl (C=O) groups is 3. The Labute approximate surface area is 411 Å². The number of hydrogen-bond donors (Lipinski definition) is 9. The van der Waals surface area contributed by atoms with Crippen LogP contribution in [-0.4, -0.2) is 132 Å². The van der Waals surface area contributed by atoms with Gasteiger partial charge in [0.05, 0.1) is 57.2 Å². The second kappa shape index (κ2) is 29.2. The third-order valence-corrected chi connectivity index (χ3v) is 10.1. The van der Waals surface area contributed by atoms with Crippen LogP contribution in [0.2, 0.25) is 0 Å². The normalized spacial score (nSPS) is 12.3. The number of nitrogens with one attached hydrogen (secondary N) is 3. The summed E-state index contributed by atoms with van der Waals surface area (Å²) >= 11 is 0. The van der Waals surface area contributed by atoms with Crippen LogP contribution in [0.15, 0.2) is 33.4 Å². The van der Waals surface area contributed by atoms with Gasteiger partial charge in [-0.2, -0.15) is 15.0 Å². The van der Waals surface area contributed by atoms with Gasteiger partial charge in [-0.25, -0.2) is 15.0 Å². The first-order valence-electron chi connectivity index (χ1n) is 21.8. The van der Waals surface area contributed by atoms with Gasteiger partial charge in [0.1, 0.15) is 39.4 Å². The Balaban J connectivity index is 0.000000341. The number of esters is 2. The van der Waals surface area contributed by atoms with Gasteiger partial charge < -0.3 is 56.8 Å². The number of imidazole rings is 3. The molecule has 13 N–H and O–H groups in total. The summed E-state index contributed by atoms with van der Waals surface area (Å²) in [7, 11) is 0. The van der Waals surface area contributed by atoms with Gasteiger partial charge in [0.25, 0.3) is 16.7 Å². The number of aromatic nitrogens is 12. The highest BCUT2D eigenvalue weighted by Crippen LogP contribution is 2.12. The summed E-state index contributed by atoms with van der Waals surface area (Å²) in [5.41, 5.74) is 22.5. The van der Waals surface area contributed by atoms with Gasteiger partial charge in [0.2, 0.25) is 17.8 Å². The maximum absolute atomic E-state index is 11.7. The number of carbonyl (C=O) groups excluding carboxylic acids is 2. The van der Waals surface area contributed by atoms with E-state index < -0.39 is 29.1 Å². The van der Waals surface area contributed by atoms with Gasteiger partial charge in [-0.3, -0.25) is 57.4 Å². The minimum absolute atomic E-state index is 0. The molecular weight excluding hydrogens is 960 g/mol. The Bertz CT molecular complexity index is 2680. The molecule has 0 aliphatic carbocycles. The molecule has 0 aliphatic heterocycles. The van der Waals surface area contributed by atoms with E-state index in [1.165, 1.54) is 28.1 Å². The van der Waals surface area contributed by atoms with E-state index in [1.54, 1.807) is 11.5 Å². The monoisotopic (exact) mass is 1020 g/mol. The van der Waals surface area contributed by atoms with E-state index in [0.29, 0.717) is 16.9 Å². The average Bonchev–Trinajstić information content (AvgIpc) is 4.03. The smallest absolute Gasteiger partial charge is 0.323 e. The quantitative estimate of drug-likeness (QED) is 0.0363. The first kappa shape index (κ1) is 60.1. The predicted octanol–water partition coefficient (Wildman–Crippen LogP) is 0.167. The number of aromatic amines is 3. The van der Waals surface area contributed by atoms with Crippen LogP contribution in [0, 0.1) is 29.6 Å². The molecule has 394 valence electrons. The highest BCUT2D eigenvalue weighted by atomic mass is 35.5. The lowest BCUT2D eigenvalue weighted by Gasteiger charge is -2.14. The number of ether oxygens (including phenoxy) is 5. The number of aliphatic carboxylic acids is 1. The molecule has 6 heterocycles. The molecule has 0 spiro atoms. The van der Waals surface area contributed by atoms with Crippen LogP contribution in [0.4, 0.5) is 17.8 Å². The summed E-state index contributed by atoms with van der Waals surface area (Å²) in [6.45, 7) is 16.1. The van der Waals surface area contributed by atoms with Gasteiger partial charge in [-0.05, 0) is 17.8 Å². The number of halogens is 1. The molecular formula is C41H65ClN16O13. The number of nitrogen functional groups attached to an aromatic ring is 3. The molecule has 0 fully saturated rings.